The van der Waals surface area contributed by atoms with Gasteiger partial charge in [-0.15, -0.1) is 0 Å². The summed E-state index contributed by atoms with van der Waals surface area (Å²) < 4.78 is 63.1. The lowest BCUT2D eigenvalue weighted by Gasteiger charge is -2.39. The topological polar surface area (TPSA) is 63.2 Å². The molecule has 0 aromatic heterocycles. The molecule has 1 rings (SSSR count). The highest BCUT2D eigenvalue weighted by molar-refractivity contribution is 7.92. The van der Waals surface area contributed by atoms with Crippen molar-refractivity contribution in [2.24, 2.45) is 5.92 Å². The summed E-state index contributed by atoms with van der Waals surface area (Å²) in [6.45, 7) is 3.35. The Balaban J connectivity index is 2.79. The van der Waals surface area contributed by atoms with E-state index < -0.39 is 33.2 Å². The fourth-order valence-electron chi connectivity index (χ4n) is 2.70. The third kappa shape index (κ3) is 5.16. The minimum Gasteiger partial charge on any atom is -0.341 e. The number of halogens is 3. The van der Waals surface area contributed by atoms with Crippen molar-refractivity contribution in [3.8, 4) is 0 Å². The number of carbonyl (C=O) groups excluding carboxylic acids is 1. The number of carbonyl (C=O) groups is 1. The number of hydrogen-bond donors (Lipinski definition) is 1. The highest BCUT2D eigenvalue weighted by atomic mass is 32.2. The average molecular weight is 329 g/mol. The molecular weight excluding hydrogens is 307 g/mol. The van der Waals surface area contributed by atoms with Gasteiger partial charge in [0.1, 0.15) is 11.3 Å². The summed E-state index contributed by atoms with van der Waals surface area (Å²) in [5.41, 5.74) is -2.27. The van der Waals surface area contributed by atoms with Crippen LogP contribution in [0.2, 0.25) is 0 Å². The molecule has 0 unspecified atom stereocenters. The normalized spacial score (nSPS) is 19.5. The minimum absolute atomic E-state index is 0.172. The van der Waals surface area contributed by atoms with E-state index in [1.54, 1.807) is 13.8 Å². The Kier molecular flexibility index (Phi) is 5.69. The Morgan fingerprint density at radius 1 is 1.19 bits per heavy atom. The van der Waals surface area contributed by atoms with Crippen LogP contribution in [0.25, 0.3) is 0 Å². The van der Waals surface area contributed by atoms with Crippen molar-refractivity contribution in [1.29, 1.82) is 0 Å². The average Bonchev–Trinajstić information content (AvgIpc) is 2.25. The second-order valence-corrected chi connectivity index (χ2v) is 8.25. The highest BCUT2D eigenvalue weighted by Crippen LogP contribution is 2.41. The van der Waals surface area contributed by atoms with Crippen molar-refractivity contribution < 1.29 is 26.4 Å². The summed E-state index contributed by atoms with van der Waals surface area (Å²) >= 11 is 0. The molecule has 0 aromatic rings. The van der Waals surface area contributed by atoms with Gasteiger partial charge in [-0.25, -0.2) is 8.42 Å². The van der Waals surface area contributed by atoms with Crippen LogP contribution in [0.15, 0.2) is 0 Å². The molecule has 21 heavy (non-hydrogen) atoms. The summed E-state index contributed by atoms with van der Waals surface area (Å²) in [5, 5.41) is 1.96. The van der Waals surface area contributed by atoms with Crippen LogP contribution in [0.5, 0.6) is 0 Å². The Morgan fingerprint density at radius 3 is 2.14 bits per heavy atom. The summed E-state index contributed by atoms with van der Waals surface area (Å²) in [7, 11) is -3.68. The molecule has 0 saturated heterocycles. The third-order valence-electron chi connectivity index (χ3n) is 3.57. The molecule has 1 aliphatic carbocycles. The second-order valence-electron chi connectivity index (χ2n) is 6.14. The summed E-state index contributed by atoms with van der Waals surface area (Å²) in [5.74, 6) is -2.33. The number of nitrogens with one attached hydrogen (secondary N) is 1. The first-order chi connectivity index (χ1) is 9.47. The maximum Gasteiger partial charge on any atom is 0.411 e. The fraction of sp³-hybridized carbons (Fsp3) is 0.923. The molecule has 124 valence electrons. The van der Waals surface area contributed by atoms with Gasteiger partial charge < -0.3 is 5.32 Å². The molecule has 1 saturated carbocycles. The fourth-order valence-corrected chi connectivity index (χ4v) is 4.31. The smallest absolute Gasteiger partial charge is 0.341 e. The van der Waals surface area contributed by atoms with E-state index in [1.807, 2.05) is 5.32 Å². The molecular formula is C13H22F3NO3S. The van der Waals surface area contributed by atoms with Crippen LogP contribution in [0.3, 0.4) is 0 Å². The predicted octanol–water partition coefficient (Wildman–Crippen LogP) is 2.44. The van der Waals surface area contributed by atoms with Crippen molar-refractivity contribution in [2.45, 2.75) is 57.7 Å². The van der Waals surface area contributed by atoms with Crippen LogP contribution in [0.4, 0.5) is 13.2 Å². The van der Waals surface area contributed by atoms with Gasteiger partial charge in [-0.2, -0.15) is 13.2 Å². The Morgan fingerprint density at radius 2 is 1.71 bits per heavy atom. The van der Waals surface area contributed by atoms with E-state index in [9.17, 15) is 26.4 Å². The summed E-state index contributed by atoms with van der Waals surface area (Å²) in [4.78, 5) is 11.8. The molecule has 0 atom stereocenters. The molecule has 0 aromatic carbocycles. The molecule has 0 aliphatic heterocycles. The van der Waals surface area contributed by atoms with E-state index in [0.717, 1.165) is 0 Å². The number of alkyl halides is 3. The third-order valence-corrected chi connectivity index (χ3v) is 5.44. The SMILES string of the molecule is CC(C)CS(=O)(=O)CC(=O)NC1(C(F)(F)F)CCCCC1. The van der Waals surface area contributed by atoms with E-state index in [1.165, 1.54) is 0 Å². The Labute approximate surface area is 123 Å². The van der Waals surface area contributed by atoms with Gasteiger partial charge in [-0.05, 0) is 18.8 Å². The van der Waals surface area contributed by atoms with Crippen LogP contribution >= 0.6 is 0 Å². The lowest BCUT2D eigenvalue weighted by Crippen LogP contribution is -2.60. The number of hydrogen-bond acceptors (Lipinski definition) is 3. The molecule has 0 heterocycles. The highest BCUT2D eigenvalue weighted by Gasteiger charge is 2.55. The van der Waals surface area contributed by atoms with E-state index in [4.69, 9.17) is 0 Å². The van der Waals surface area contributed by atoms with Crippen LogP contribution in [-0.4, -0.2) is 37.5 Å². The van der Waals surface area contributed by atoms with Gasteiger partial charge in [-0.3, -0.25) is 4.79 Å². The first-order valence-corrected chi connectivity index (χ1v) is 8.88. The van der Waals surface area contributed by atoms with E-state index in [0.29, 0.717) is 19.3 Å². The molecule has 0 radical (unpaired) electrons. The largest absolute Gasteiger partial charge is 0.411 e. The maximum atomic E-state index is 13.2. The Bertz CT molecular complexity index is 466. The zero-order valence-electron chi connectivity index (χ0n) is 12.3. The molecule has 1 fully saturated rings. The standard InChI is InChI=1S/C13H22F3NO3S/c1-10(2)8-21(19,20)9-11(18)17-12(13(14,15)16)6-4-3-5-7-12/h10H,3-9H2,1-2H3,(H,17,18). The van der Waals surface area contributed by atoms with Crippen molar-refractivity contribution in [2.75, 3.05) is 11.5 Å². The molecule has 1 N–H and O–H groups in total. The quantitative estimate of drug-likeness (QED) is 0.842. The van der Waals surface area contributed by atoms with Crippen LogP contribution in [0.1, 0.15) is 46.0 Å². The zero-order chi connectivity index (χ0) is 16.3. The van der Waals surface area contributed by atoms with Crippen LogP contribution in [-0.2, 0) is 14.6 Å². The zero-order valence-corrected chi connectivity index (χ0v) is 13.1. The summed E-state index contributed by atoms with van der Waals surface area (Å²) in [6, 6.07) is 0. The molecule has 1 aliphatic rings. The minimum atomic E-state index is -4.56. The maximum absolute atomic E-state index is 13.2. The van der Waals surface area contributed by atoms with E-state index >= 15 is 0 Å². The first-order valence-electron chi connectivity index (χ1n) is 7.06. The van der Waals surface area contributed by atoms with Gasteiger partial charge in [0.2, 0.25) is 5.91 Å². The Hall–Kier alpha value is -0.790. The lowest BCUT2D eigenvalue weighted by atomic mass is 9.81. The van der Waals surface area contributed by atoms with Crippen LogP contribution < -0.4 is 5.32 Å². The van der Waals surface area contributed by atoms with Crippen molar-refractivity contribution >= 4 is 15.7 Å². The molecule has 8 heteroatoms. The van der Waals surface area contributed by atoms with Crippen LogP contribution in [0, 0.1) is 5.92 Å². The molecule has 1 amide bonds. The van der Waals surface area contributed by atoms with E-state index in [-0.39, 0.29) is 24.5 Å². The van der Waals surface area contributed by atoms with Gasteiger partial charge in [0.15, 0.2) is 9.84 Å². The van der Waals surface area contributed by atoms with Gasteiger partial charge in [-0.1, -0.05) is 33.1 Å². The monoisotopic (exact) mass is 329 g/mol. The number of rotatable bonds is 5. The van der Waals surface area contributed by atoms with Gasteiger partial charge in [0.05, 0.1) is 5.75 Å². The lowest BCUT2D eigenvalue weighted by molar-refractivity contribution is -0.206. The molecule has 0 bridgehead atoms. The molecule has 0 spiro atoms. The van der Waals surface area contributed by atoms with Gasteiger partial charge in [0, 0.05) is 0 Å². The summed E-state index contributed by atoms with van der Waals surface area (Å²) in [6.07, 6.45) is -3.50. The van der Waals surface area contributed by atoms with Gasteiger partial charge >= 0.3 is 6.18 Å². The number of sulfone groups is 1. The van der Waals surface area contributed by atoms with Crippen molar-refractivity contribution in [1.82, 2.24) is 5.32 Å². The second kappa shape index (κ2) is 6.54. The van der Waals surface area contributed by atoms with Gasteiger partial charge in [0.25, 0.3) is 0 Å². The first kappa shape index (κ1) is 18.3. The number of amides is 1. The van der Waals surface area contributed by atoms with Crippen molar-refractivity contribution in [3.63, 3.8) is 0 Å². The predicted molar refractivity (Wildman–Crippen MR) is 73.5 cm³/mol. The van der Waals surface area contributed by atoms with Crippen molar-refractivity contribution in [3.05, 3.63) is 0 Å². The van der Waals surface area contributed by atoms with E-state index in [2.05, 4.69) is 0 Å². The molecule has 4 nitrogen and oxygen atoms in total.